The van der Waals surface area contributed by atoms with Gasteiger partial charge in [-0.2, -0.15) is 0 Å². The van der Waals surface area contributed by atoms with Gasteiger partial charge < -0.3 is 15.0 Å². The van der Waals surface area contributed by atoms with Crippen molar-refractivity contribution in [1.29, 1.82) is 0 Å². The van der Waals surface area contributed by atoms with Crippen molar-refractivity contribution in [1.82, 2.24) is 10.3 Å². The van der Waals surface area contributed by atoms with E-state index in [4.69, 9.17) is 4.74 Å². The third kappa shape index (κ3) is 1.89. The summed E-state index contributed by atoms with van der Waals surface area (Å²) in [6.07, 6.45) is 3.36. The summed E-state index contributed by atoms with van der Waals surface area (Å²) in [7, 11) is 0. The molecule has 0 aromatic carbocycles. The van der Waals surface area contributed by atoms with E-state index in [0.717, 1.165) is 12.1 Å². The van der Waals surface area contributed by atoms with Gasteiger partial charge in [-0.3, -0.25) is 4.79 Å². The molecule has 2 N–H and O–H groups in total. The molecule has 0 saturated carbocycles. The highest BCUT2D eigenvalue weighted by Crippen LogP contribution is 2.12. The van der Waals surface area contributed by atoms with Crippen molar-refractivity contribution < 1.29 is 4.74 Å². The van der Waals surface area contributed by atoms with Crippen molar-refractivity contribution in [2.75, 3.05) is 19.8 Å². The van der Waals surface area contributed by atoms with Crippen molar-refractivity contribution in [3.63, 3.8) is 0 Å². The number of aromatic amines is 1. The van der Waals surface area contributed by atoms with Crippen LogP contribution in [-0.4, -0.2) is 24.7 Å². The average molecular weight is 259 g/mol. The molecule has 1 aliphatic rings. The summed E-state index contributed by atoms with van der Waals surface area (Å²) in [5, 5.41) is 3.24. The van der Waals surface area contributed by atoms with E-state index in [-0.39, 0.29) is 11.5 Å². The fourth-order valence-electron chi connectivity index (χ4n) is 1.50. The summed E-state index contributed by atoms with van der Waals surface area (Å²) < 4.78 is 5.86. The van der Waals surface area contributed by atoms with Crippen molar-refractivity contribution in [3.8, 4) is 0 Å². The number of H-pyrrole nitrogens is 1. The molecule has 5 heteroatoms. The van der Waals surface area contributed by atoms with Gasteiger partial charge in [0.2, 0.25) is 5.43 Å². The number of morpholine rings is 1. The van der Waals surface area contributed by atoms with Crippen LogP contribution in [0.1, 0.15) is 11.6 Å². The van der Waals surface area contributed by atoms with Crippen LogP contribution >= 0.6 is 15.9 Å². The van der Waals surface area contributed by atoms with Gasteiger partial charge in [0.1, 0.15) is 0 Å². The summed E-state index contributed by atoms with van der Waals surface area (Å²) >= 11 is 3.20. The maximum Gasteiger partial charge on any atom is 0.200 e. The van der Waals surface area contributed by atoms with E-state index in [1.165, 1.54) is 0 Å². The molecule has 1 saturated heterocycles. The van der Waals surface area contributed by atoms with Crippen molar-refractivity contribution in [2.45, 2.75) is 6.04 Å². The molecular weight excluding hydrogens is 248 g/mol. The molecule has 2 rings (SSSR count). The molecule has 0 amide bonds. The van der Waals surface area contributed by atoms with E-state index < -0.39 is 0 Å². The summed E-state index contributed by atoms with van der Waals surface area (Å²) in [4.78, 5) is 14.6. The SMILES string of the molecule is O=c1c(Br)c[nH]cc1C1COCCN1. The van der Waals surface area contributed by atoms with Gasteiger partial charge >= 0.3 is 0 Å². The van der Waals surface area contributed by atoms with E-state index in [2.05, 4.69) is 26.2 Å². The lowest BCUT2D eigenvalue weighted by molar-refractivity contribution is 0.0764. The minimum Gasteiger partial charge on any atom is -0.378 e. The topological polar surface area (TPSA) is 54.1 Å². The standard InChI is InChI=1S/C9H11BrN2O2/c10-7-4-11-3-6(9(7)13)8-5-14-2-1-12-8/h3-4,8,12H,1-2,5H2,(H,11,13). The molecule has 1 fully saturated rings. The smallest absolute Gasteiger partial charge is 0.200 e. The number of pyridine rings is 1. The van der Waals surface area contributed by atoms with Crippen LogP contribution in [0.3, 0.4) is 0 Å². The average Bonchev–Trinajstić information content (AvgIpc) is 2.23. The second-order valence-corrected chi connectivity index (χ2v) is 4.02. The summed E-state index contributed by atoms with van der Waals surface area (Å²) in [5.41, 5.74) is 0.742. The second-order valence-electron chi connectivity index (χ2n) is 3.17. The fourth-order valence-corrected chi connectivity index (χ4v) is 1.86. The Hall–Kier alpha value is -0.650. The molecule has 14 heavy (non-hydrogen) atoms. The van der Waals surface area contributed by atoms with Crippen LogP contribution in [0, 0.1) is 0 Å². The lowest BCUT2D eigenvalue weighted by atomic mass is 10.1. The highest BCUT2D eigenvalue weighted by molar-refractivity contribution is 9.10. The van der Waals surface area contributed by atoms with Gasteiger partial charge in [0.25, 0.3) is 0 Å². The second kappa shape index (κ2) is 4.25. The molecule has 0 aliphatic carbocycles. The molecule has 76 valence electrons. The Morgan fingerprint density at radius 1 is 1.50 bits per heavy atom. The Labute approximate surface area is 89.8 Å². The van der Waals surface area contributed by atoms with Crippen molar-refractivity contribution >= 4 is 15.9 Å². The van der Waals surface area contributed by atoms with Crippen LogP contribution in [0.5, 0.6) is 0 Å². The van der Waals surface area contributed by atoms with Gasteiger partial charge in [-0.15, -0.1) is 0 Å². The molecule has 1 unspecified atom stereocenters. The Morgan fingerprint density at radius 2 is 2.36 bits per heavy atom. The number of halogens is 1. The first-order valence-electron chi connectivity index (χ1n) is 4.46. The minimum atomic E-state index is 0.00463. The minimum absolute atomic E-state index is 0.00463. The first kappa shape index (κ1) is 9.89. The summed E-state index contributed by atoms with van der Waals surface area (Å²) in [6.45, 7) is 2.05. The summed E-state index contributed by atoms with van der Waals surface area (Å²) in [6, 6.07) is 0.00463. The monoisotopic (exact) mass is 258 g/mol. The van der Waals surface area contributed by atoms with Crippen LogP contribution < -0.4 is 10.7 Å². The van der Waals surface area contributed by atoms with Crippen molar-refractivity contribution in [2.24, 2.45) is 0 Å². The molecule has 0 radical (unpaired) electrons. The van der Waals surface area contributed by atoms with Gasteiger partial charge in [0, 0.05) is 24.5 Å². The zero-order valence-electron chi connectivity index (χ0n) is 7.55. The van der Waals surface area contributed by atoms with E-state index in [9.17, 15) is 4.79 Å². The maximum absolute atomic E-state index is 11.7. The van der Waals surface area contributed by atoms with Gasteiger partial charge in [0.05, 0.1) is 23.7 Å². The van der Waals surface area contributed by atoms with Crippen LogP contribution in [-0.2, 0) is 4.74 Å². The Bertz CT molecular complexity index is 371. The van der Waals surface area contributed by atoms with Crippen LogP contribution in [0.15, 0.2) is 21.7 Å². The first-order valence-corrected chi connectivity index (χ1v) is 5.26. The first-order chi connectivity index (χ1) is 6.79. The number of hydrogen-bond acceptors (Lipinski definition) is 3. The molecule has 1 atom stereocenters. The number of rotatable bonds is 1. The van der Waals surface area contributed by atoms with Gasteiger partial charge in [-0.1, -0.05) is 0 Å². The van der Waals surface area contributed by atoms with E-state index >= 15 is 0 Å². The Morgan fingerprint density at radius 3 is 3.07 bits per heavy atom. The molecule has 2 heterocycles. The third-order valence-electron chi connectivity index (χ3n) is 2.23. The van der Waals surface area contributed by atoms with Crippen LogP contribution in [0.25, 0.3) is 0 Å². The number of aromatic nitrogens is 1. The van der Waals surface area contributed by atoms with E-state index in [1.54, 1.807) is 12.4 Å². The van der Waals surface area contributed by atoms with Crippen LogP contribution in [0.4, 0.5) is 0 Å². The van der Waals surface area contributed by atoms with E-state index in [1.807, 2.05) is 0 Å². The highest BCUT2D eigenvalue weighted by Gasteiger charge is 2.18. The predicted octanol–water partition coefficient (Wildman–Crippen LogP) is 0.798. The number of ether oxygens (including phenoxy) is 1. The quantitative estimate of drug-likeness (QED) is 0.784. The highest BCUT2D eigenvalue weighted by atomic mass is 79.9. The van der Waals surface area contributed by atoms with E-state index in [0.29, 0.717) is 17.7 Å². The van der Waals surface area contributed by atoms with Crippen LogP contribution in [0.2, 0.25) is 0 Å². The molecule has 0 bridgehead atoms. The lowest BCUT2D eigenvalue weighted by Gasteiger charge is -2.23. The number of hydrogen-bond donors (Lipinski definition) is 2. The third-order valence-corrected chi connectivity index (χ3v) is 2.81. The normalized spacial score (nSPS) is 22.2. The molecule has 1 aromatic rings. The fraction of sp³-hybridized carbons (Fsp3) is 0.444. The zero-order chi connectivity index (χ0) is 9.97. The maximum atomic E-state index is 11.7. The number of nitrogens with one attached hydrogen (secondary N) is 2. The lowest BCUT2D eigenvalue weighted by Crippen LogP contribution is -2.37. The predicted molar refractivity (Wildman–Crippen MR) is 56.3 cm³/mol. The Balaban J connectivity index is 2.31. The largest absolute Gasteiger partial charge is 0.378 e. The molecule has 0 spiro atoms. The zero-order valence-corrected chi connectivity index (χ0v) is 9.13. The molecular formula is C9H11BrN2O2. The molecule has 1 aromatic heterocycles. The van der Waals surface area contributed by atoms with Gasteiger partial charge in [-0.05, 0) is 15.9 Å². The van der Waals surface area contributed by atoms with Gasteiger partial charge in [0.15, 0.2) is 0 Å². The molecule has 4 nitrogen and oxygen atoms in total. The van der Waals surface area contributed by atoms with Gasteiger partial charge in [-0.25, -0.2) is 0 Å². The Kier molecular flexibility index (Phi) is 3.00. The summed E-state index contributed by atoms with van der Waals surface area (Å²) in [5.74, 6) is 0. The molecule has 1 aliphatic heterocycles. The van der Waals surface area contributed by atoms with Crippen molar-refractivity contribution in [3.05, 3.63) is 32.7 Å².